The maximum Gasteiger partial charge on any atom is 0.266 e. The van der Waals surface area contributed by atoms with Crippen molar-refractivity contribution in [3.05, 3.63) is 42.8 Å². The zero-order chi connectivity index (χ0) is 27.1. The largest absolute Gasteiger partial charge is 0.293 e. The molecule has 2 aliphatic heterocycles. The Morgan fingerprint density at radius 2 is 1.49 bits per heavy atom. The molecule has 3 aromatic rings. The van der Waals surface area contributed by atoms with Gasteiger partial charge in [0, 0.05) is 33.0 Å². The lowest BCUT2D eigenvalue weighted by Crippen LogP contribution is -2.29. The van der Waals surface area contributed by atoms with Crippen molar-refractivity contribution in [3.63, 3.8) is 0 Å². The zero-order valence-electron chi connectivity index (χ0n) is 21.3. The Balaban J connectivity index is 1.30. The highest BCUT2D eigenvalue weighted by Crippen LogP contribution is 2.60. The molecule has 0 unspecified atom stereocenters. The number of thioether (sulfide) groups is 2. The third kappa shape index (κ3) is 4.02. The summed E-state index contributed by atoms with van der Waals surface area (Å²) in [5, 5.41) is 0. The molecule has 11 heteroatoms. The molecule has 200 valence electrons. The summed E-state index contributed by atoms with van der Waals surface area (Å²) in [4.78, 5) is 33.0. The van der Waals surface area contributed by atoms with E-state index in [2.05, 4.69) is 18.2 Å². The number of likely N-dealkylation sites (N-methyl/N-ethyl adjacent to an activating group) is 2. The average molecular weight is 645 g/mol. The Kier molecular flexibility index (Phi) is 6.73. The van der Waals surface area contributed by atoms with Crippen molar-refractivity contribution in [1.82, 2.24) is 9.80 Å². The Labute approximate surface area is 258 Å². The van der Waals surface area contributed by atoms with Crippen LogP contribution in [0.2, 0.25) is 0 Å². The van der Waals surface area contributed by atoms with Crippen LogP contribution in [0, 0.1) is 0 Å². The molecule has 39 heavy (non-hydrogen) atoms. The molecule has 2 aliphatic carbocycles. The van der Waals surface area contributed by atoms with E-state index in [1.54, 1.807) is 21.1 Å². The minimum atomic E-state index is -0.0229. The van der Waals surface area contributed by atoms with Gasteiger partial charge in [-0.15, -0.1) is 34.0 Å². The standard InChI is InChI=1S/C28H24N2O2S7/c1-3-29-24(31)18(38-26(29)33)11-14-10-16-20(28(14)8-6-5-7-9-28)22-23(36-16)21-17(37-22)12-15(35-21)13-19-25(32)30(4-2)27(34)39-19/h10-13H,3-9H2,1-2H3/b18-11-,19-13-. The fourth-order valence-corrected chi connectivity index (χ4v) is 13.3. The van der Waals surface area contributed by atoms with Gasteiger partial charge in [0.25, 0.3) is 11.8 Å². The fourth-order valence-electron chi connectivity index (χ4n) is 6.16. The normalized spacial score (nSPS) is 23.2. The van der Waals surface area contributed by atoms with Crippen LogP contribution in [0.3, 0.4) is 0 Å². The highest BCUT2D eigenvalue weighted by molar-refractivity contribution is 8.27. The molecular weight excluding hydrogens is 621 g/mol. The smallest absolute Gasteiger partial charge is 0.266 e. The van der Waals surface area contributed by atoms with E-state index in [9.17, 15) is 9.59 Å². The highest BCUT2D eigenvalue weighted by atomic mass is 32.2. The van der Waals surface area contributed by atoms with E-state index in [1.807, 2.05) is 42.6 Å². The van der Waals surface area contributed by atoms with Crippen LogP contribution in [-0.4, -0.2) is 43.3 Å². The van der Waals surface area contributed by atoms with Gasteiger partial charge in [-0.1, -0.05) is 67.2 Å². The molecule has 3 fully saturated rings. The molecule has 0 aromatic carbocycles. The number of allylic oxidation sites excluding steroid dienone is 2. The first-order valence-electron chi connectivity index (χ1n) is 13.1. The van der Waals surface area contributed by atoms with Gasteiger partial charge >= 0.3 is 0 Å². The Morgan fingerprint density at radius 3 is 2.10 bits per heavy atom. The van der Waals surface area contributed by atoms with E-state index in [1.165, 1.54) is 77.6 Å². The Morgan fingerprint density at radius 1 is 0.846 bits per heavy atom. The van der Waals surface area contributed by atoms with Gasteiger partial charge in [-0.2, -0.15) is 0 Å². The van der Waals surface area contributed by atoms with Crippen molar-refractivity contribution in [3.8, 4) is 0 Å². The van der Waals surface area contributed by atoms with Crippen LogP contribution in [0.15, 0.2) is 27.5 Å². The van der Waals surface area contributed by atoms with Crippen LogP contribution in [-0.2, 0) is 15.0 Å². The van der Waals surface area contributed by atoms with Gasteiger partial charge in [-0.3, -0.25) is 19.4 Å². The maximum atomic E-state index is 13.0. The summed E-state index contributed by atoms with van der Waals surface area (Å²) in [5.41, 5.74) is 2.75. The Hall–Kier alpha value is -1.34. The predicted molar refractivity (Wildman–Crippen MR) is 179 cm³/mol. The second kappa shape index (κ2) is 9.89. The van der Waals surface area contributed by atoms with Gasteiger partial charge in [0.1, 0.15) is 8.64 Å². The Bertz CT molecular complexity index is 1710. The van der Waals surface area contributed by atoms with Crippen LogP contribution in [0.1, 0.15) is 61.3 Å². The van der Waals surface area contributed by atoms with Gasteiger partial charge in [-0.05, 0) is 62.1 Å². The van der Waals surface area contributed by atoms with E-state index in [4.69, 9.17) is 24.4 Å². The molecule has 0 atom stereocenters. The number of carbonyl (C=O) groups is 2. The lowest BCUT2D eigenvalue weighted by molar-refractivity contribution is -0.122. The highest BCUT2D eigenvalue weighted by Gasteiger charge is 2.45. The van der Waals surface area contributed by atoms with Crippen molar-refractivity contribution in [2.24, 2.45) is 0 Å². The van der Waals surface area contributed by atoms with E-state index >= 15 is 0 Å². The average Bonchev–Trinajstić information content (AvgIpc) is 3.71. The molecule has 7 rings (SSSR count). The first kappa shape index (κ1) is 26.6. The monoisotopic (exact) mass is 644 g/mol. The topological polar surface area (TPSA) is 40.6 Å². The number of rotatable bonds is 4. The number of amides is 2. The minimum Gasteiger partial charge on any atom is -0.293 e. The van der Waals surface area contributed by atoms with Crippen molar-refractivity contribution >= 4 is 133 Å². The van der Waals surface area contributed by atoms with E-state index in [0.717, 1.165) is 22.6 Å². The molecule has 2 saturated heterocycles. The number of fused-ring (bicyclic) bond motifs is 6. The van der Waals surface area contributed by atoms with Gasteiger partial charge in [0.2, 0.25) is 0 Å². The van der Waals surface area contributed by atoms with Gasteiger partial charge in [0.05, 0.1) is 23.9 Å². The molecule has 5 heterocycles. The molecule has 0 bridgehead atoms. The number of hydrogen-bond acceptors (Lipinski definition) is 9. The quantitative estimate of drug-likeness (QED) is 0.209. The molecule has 2 amide bonds. The first-order chi connectivity index (χ1) is 18.8. The van der Waals surface area contributed by atoms with Gasteiger partial charge < -0.3 is 0 Å². The van der Waals surface area contributed by atoms with Crippen LogP contribution in [0.5, 0.6) is 0 Å². The van der Waals surface area contributed by atoms with Crippen LogP contribution >= 0.6 is 82.0 Å². The van der Waals surface area contributed by atoms with E-state index < -0.39 is 0 Å². The second-order valence-electron chi connectivity index (χ2n) is 10.0. The lowest BCUT2D eigenvalue weighted by atomic mass is 9.67. The summed E-state index contributed by atoms with van der Waals surface area (Å²) in [6.07, 6.45) is 12.4. The number of thiocarbonyl (C=S) groups is 2. The molecule has 1 saturated carbocycles. The van der Waals surface area contributed by atoms with E-state index in [0.29, 0.717) is 26.6 Å². The zero-order valence-corrected chi connectivity index (χ0v) is 27.0. The second-order valence-corrected chi connectivity index (χ2v) is 16.6. The third-order valence-corrected chi connectivity index (χ3v) is 14.5. The molecule has 4 aliphatic rings. The third-order valence-electron chi connectivity index (χ3n) is 7.99. The minimum absolute atomic E-state index is 0.0113. The first-order valence-corrected chi connectivity index (χ1v) is 18.0. The predicted octanol–water partition coefficient (Wildman–Crippen LogP) is 8.76. The summed E-state index contributed by atoms with van der Waals surface area (Å²) < 4.78 is 6.67. The van der Waals surface area contributed by atoms with E-state index in [-0.39, 0.29) is 17.2 Å². The number of hydrogen-bond donors (Lipinski definition) is 0. The molecule has 0 N–H and O–H groups in total. The lowest BCUT2D eigenvalue weighted by Gasteiger charge is -2.36. The van der Waals surface area contributed by atoms with Crippen LogP contribution in [0.4, 0.5) is 0 Å². The molecule has 3 aromatic heterocycles. The fraction of sp³-hybridized carbons (Fsp3) is 0.357. The number of nitrogens with zero attached hydrogens (tertiary/aromatic N) is 2. The molecule has 1 spiro atoms. The number of thiophene rings is 3. The van der Waals surface area contributed by atoms with Crippen molar-refractivity contribution in [2.75, 3.05) is 13.1 Å². The summed E-state index contributed by atoms with van der Waals surface area (Å²) in [7, 11) is 0. The molecule has 4 nitrogen and oxygen atoms in total. The SMILES string of the molecule is CCN1C(=O)/C(=C/C2=Cc3sc4c(sc5cc(/C=C6\SC(=S)N(CC)C6=O)sc54)c3C23CCCCC3)SC1=S. The van der Waals surface area contributed by atoms with Crippen molar-refractivity contribution < 1.29 is 9.59 Å². The molecular formula is C28H24N2O2S7. The van der Waals surface area contributed by atoms with Gasteiger partial charge in [0.15, 0.2) is 0 Å². The number of carbonyl (C=O) groups excluding carboxylic acids is 2. The maximum absolute atomic E-state index is 13.0. The summed E-state index contributed by atoms with van der Waals surface area (Å²) >= 11 is 19.3. The van der Waals surface area contributed by atoms with Crippen molar-refractivity contribution in [1.29, 1.82) is 0 Å². The summed E-state index contributed by atoms with van der Waals surface area (Å²) in [5.74, 6) is 0.0528. The van der Waals surface area contributed by atoms with Crippen LogP contribution < -0.4 is 0 Å². The van der Waals surface area contributed by atoms with Crippen molar-refractivity contribution in [2.45, 2.75) is 51.4 Å². The summed E-state index contributed by atoms with van der Waals surface area (Å²) in [6.45, 7) is 5.15. The van der Waals surface area contributed by atoms with Gasteiger partial charge in [-0.25, -0.2) is 0 Å². The van der Waals surface area contributed by atoms with Crippen LogP contribution in [0.25, 0.3) is 31.0 Å². The summed E-state index contributed by atoms with van der Waals surface area (Å²) in [6, 6.07) is 2.23. The molecule has 0 radical (unpaired) electrons.